The summed E-state index contributed by atoms with van der Waals surface area (Å²) >= 11 is 0. The Morgan fingerprint density at radius 1 is 0.889 bits per heavy atom. The number of aromatic nitrogens is 2. The SMILES string of the molecule is CC(C)n1c(N2CCN(C(=O)CCC(=O)N3c4ccccc4C[C@@H]3C)CC2)cc(=O)n(C(C)C)c1=O. The normalized spacial score (nSPS) is 17.8. The van der Waals surface area contributed by atoms with E-state index in [1.807, 2.05) is 68.7 Å². The first kappa shape index (κ1) is 25.7. The zero-order chi connectivity index (χ0) is 26.1. The molecule has 0 saturated carbocycles. The van der Waals surface area contributed by atoms with E-state index in [-0.39, 0.29) is 54.0 Å². The van der Waals surface area contributed by atoms with Crippen molar-refractivity contribution in [2.45, 2.75) is 72.0 Å². The predicted octanol–water partition coefficient (Wildman–Crippen LogP) is 2.58. The molecule has 2 aliphatic heterocycles. The van der Waals surface area contributed by atoms with E-state index in [9.17, 15) is 19.2 Å². The van der Waals surface area contributed by atoms with E-state index in [4.69, 9.17) is 0 Å². The van der Waals surface area contributed by atoms with E-state index in [1.165, 1.54) is 16.2 Å². The van der Waals surface area contributed by atoms with Crippen LogP contribution in [0.5, 0.6) is 0 Å². The summed E-state index contributed by atoms with van der Waals surface area (Å²) in [7, 11) is 0. The van der Waals surface area contributed by atoms with Crippen molar-refractivity contribution in [3.63, 3.8) is 0 Å². The standard InChI is InChI=1S/C27H37N5O4/c1-18(2)30-23(17-26(35)31(19(3)4)27(30)36)28-12-14-29(15-13-28)24(33)10-11-25(34)32-20(5)16-21-8-6-7-9-22(21)32/h6-9,17-20H,10-16H2,1-5H3/t20-/m0/s1. The van der Waals surface area contributed by atoms with Gasteiger partial charge in [0.15, 0.2) is 0 Å². The third-order valence-electron chi connectivity index (χ3n) is 7.17. The van der Waals surface area contributed by atoms with Gasteiger partial charge in [0, 0.05) is 68.9 Å². The first-order valence-corrected chi connectivity index (χ1v) is 12.9. The van der Waals surface area contributed by atoms with E-state index in [1.54, 1.807) is 9.47 Å². The zero-order valence-corrected chi connectivity index (χ0v) is 21.9. The van der Waals surface area contributed by atoms with E-state index in [2.05, 4.69) is 0 Å². The highest BCUT2D eigenvalue weighted by Gasteiger charge is 2.31. The van der Waals surface area contributed by atoms with Gasteiger partial charge >= 0.3 is 5.69 Å². The van der Waals surface area contributed by atoms with Gasteiger partial charge in [-0.25, -0.2) is 4.79 Å². The van der Waals surface area contributed by atoms with Crippen molar-refractivity contribution in [2.75, 3.05) is 36.0 Å². The molecule has 0 bridgehead atoms. The van der Waals surface area contributed by atoms with Crippen molar-refractivity contribution in [2.24, 2.45) is 0 Å². The molecule has 0 radical (unpaired) electrons. The summed E-state index contributed by atoms with van der Waals surface area (Å²) in [5, 5.41) is 0. The Morgan fingerprint density at radius 2 is 1.50 bits per heavy atom. The van der Waals surface area contributed by atoms with Crippen LogP contribution in [0.25, 0.3) is 0 Å². The largest absolute Gasteiger partial charge is 0.354 e. The predicted molar refractivity (Wildman–Crippen MR) is 141 cm³/mol. The van der Waals surface area contributed by atoms with Gasteiger partial charge in [-0.2, -0.15) is 0 Å². The van der Waals surface area contributed by atoms with Crippen LogP contribution >= 0.6 is 0 Å². The molecule has 0 aliphatic carbocycles. The number of piperazine rings is 1. The van der Waals surface area contributed by atoms with Crippen LogP contribution in [0.4, 0.5) is 11.5 Å². The molecule has 2 aliphatic rings. The highest BCUT2D eigenvalue weighted by atomic mass is 16.2. The monoisotopic (exact) mass is 495 g/mol. The van der Waals surface area contributed by atoms with Gasteiger partial charge < -0.3 is 14.7 Å². The van der Waals surface area contributed by atoms with E-state index < -0.39 is 0 Å². The molecule has 1 atom stereocenters. The van der Waals surface area contributed by atoms with Crippen molar-refractivity contribution in [1.82, 2.24) is 14.0 Å². The molecule has 2 aromatic rings. The van der Waals surface area contributed by atoms with Crippen molar-refractivity contribution in [1.29, 1.82) is 0 Å². The van der Waals surface area contributed by atoms with Gasteiger partial charge in [-0.15, -0.1) is 0 Å². The Labute approximate surface area is 211 Å². The van der Waals surface area contributed by atoms with E-state index in [0.717, 1.165) is 12.1 Å². The summed E-state index contributed by atoms with van der Waals surface area (Å²) < 4.78 is 2.94. The Balaban J connectivity index is 1.39. The van der Waals surface area contributed by atoms with Crippen LogP contribution in [-0.4, -0.2) is 58.1 Å². The molecule has 3 heterocycles. The summed E-state index contributed by atoms with van der Waals surface area (Å²) in [4.78, 5) is 57.2. The first-order chi connectivity index (χ1) is 17.1. The van der Waals surface area contributed by atoms with E-state index >= 15 is 0 Å². The van der Waals surface area contributed by atoms with Crippen LogP contribution in [-0.2, 0) is 16.0 Å². The number of fused-ring (bicyclic) bond motifs is 1. The average Bonchev–Trinajstić information content (AvgIpc) is 3.17. The second kappa shape index (κ2) is 10.3. The Morgan fingerprint density at radius 3 is 2.14 bits per heavy atom. The van der Waals surface area contributed by atoms with Crippen molar-refractivity contribution < 1.29 is 9.59 Å². The minimum atomic E-state index is -0.309. The molecule has 1 aromatic heterocycles. The molecule has 36 heavy (non-hydrogen) atoms. The van der Waals surface area contributed by atoms with Crippen molar-refractivity contribution >= 4 is 23.3 Å². The molecule has 4 rings (SSSR count). The van der Waals surface area contributed by atoms with Gasteiger partial charge in [0.05, 0.1) is 0 Å². The lowest BCUT2D eigenvalue weighted by Gasteiger charge is -2.37. The summed E-state index contributed by atoms with van der Waals surface area (Å²) in [6, 6.07) is 9.23. The third kappa shape index (κ3) is 4.83. The van der Waals surface area contributed by atoms with Gasteiger partial charge in [0.25, 0.3) is 5.56 Å². The lowest BCUT2D eigenvalue weighted by molar-refractivity contribution is -0.133. The molecule has 9 heteroatoms. The number of hydrogen-bond donors (Lipinski definition) is 0. The number of carbonyl (C=O) groups is 2. The zero-order valence-electron chi connectivity index (χ0n) is 21.9. The number of carbonyl (C=O) groups excluding carboxylic acids is 2. The Bertz CT molecular complexity index is 1250. The van der Waals surface area contributed by atoms with Crippen molar-refractivity contribution in [3.8, 4) is 0 Å². The summed E-state index contributed by atoms with van der Waals surface area (Å²) in [5.74, 6) is 0.534. The molecule has 2 amide bonds. The summed E-state index contributed by atoms with van der Waals surface area (Å²) in [5.41, 5.74) is 1.50. The highest BCUT2D eigenvalue weighted by molar-refractivity contribution is 5.97. The average molecular weight is 496 g/mol. The number of rotatable bonds is 6. The van der Waals surface area contributed by atoms with Crippen LogP contribution in [0.3, 0.4) is 0 Å². The molecule has 0 spiro atoms. The quantitative estimate of drug-likeness (QED) is 0.615. The molecule has 1 aromatic carbocycles. The molecule has 9 nitrogen and oxygen atoms in total. The molecular formula is C27H37N5O4. The minimum absolute atomic E-state index is 0.0221. The molecular weight excluding hydrogens is 458 g/mol. The van der Waals surface area contributed by atoms with Crippen LogP contribution in [0.1, 0.15) is 65.1 Å². The fourth-order valence-corrected chi connectivity index (χ4v) is 5.39. The van der Waals surface area contributed by atoms with Crippen molar-refractivity contribution in [3.05, 3.63) is 56.7 Å². The minimum Gasteiger partial charge on any atom is -0.354 e. The number of nitrogens with zero attached hydrogens (tertiary/aromatic N) is 5. The fourth-order valence-electron chi connectivity index (χ4n) is 5.39. The molecule has 1 fully saturated rings. The Kier molecular flexibility index (Phi) is 7.38. The smallest absolute Gasteiger partial charge is 0.333 e. The number of anilines is 2. The maximum atomic E-state index is 13.1. The van der Waals surface area contributed by atoms with Crippen LogP contribution in [0.15, 0.2) is 39.9 Å². The molecule has 1 saturated heterocycles. The van der Waals surface area contributed by atoms with Crippen LogP contribution in [0, 0.1) is 0 Å². The number of para-hydroxylation sites is 1. The van der Waals surface area contributed by atoms with Crippen LogP contribution in [0.2, 0.25) is 0 Å². The fraction of sp³-hybridized carbons (Fsp3) is 0.556. The topological polar surface area (TPSA) is 87.9 Å². The number of hydrogen-bond acceptors (Lipinski definition) is 5. The molecule has 0 N–H and O–H groups in total. The first-order valence-electron chi connectivity index (χ1n) is 12.9. The van der Waals surface area contributed by atoms with Gasteiger partial charge in [0.2, 0.25) is 11.8 Å². The maximum Gasteiger partial charge on any atom is 0.333 e. The summed E-state index contributed by atoms with van der Waals surface area (Å²) in [6.45, 7) is 11.5. The lowest BCUT2D eigenvalue weighted by atomic mass is 10.1. The second-order valence-electron chi connectivity index (χ2n) is 10.4. The van der Waals surface area contributed by atoms with Gasteiger partial charge in [-0.1, -0.05) is 18.2 Å². The number of benzene rings is 1. The molecule has 0 unspecified atom stereocenters. The Hall–Kier alpha value is -3.36. The third-order valence-corrected chi connectivity index (χ3v) is 7.17. The van der Waals surface area contributed by atoms with Gasteiger partial charge in [0.1, 0.15) is 5.82 Å². The summed E-state index contributed by atoms with van der Waals surface area (Å²) in [6.07, 6.45) is 1.18. The van der Waals surface area contributed by atoms with Gasteiger partial charge in [-0.05, 0) is 52.7 Å². The van der Waals surface area contributed by atoms with Crippen LogP contribution < -0.4 is 21.0 Å². The number of amides is 2. The lowest BCUT2D eigenvalue weighted by Crippen LogP contribution is -2.52. The van der Waals surface area contributed by atoms with E-state index in [0.29, 0.717) is 32.0 Å². The maximum absolute atomic E-state index is 13.1. The second-order valence-corrected chi connectivity index (χ2v) is 10.4. The van der Waals surface area contributed by atoms with Gasteiger partial charge in [-0.3, -0.25) is 23.5 Å². The highest BCUT2D eigenvalue weighted by Crippen LogP contribution is 2.32. The molecule has 194 valence electrons.